The lowest BCUT2D eigenvalue weighted by Gasteiger charge is -2.30. The number of aryl methyl sites for hydroxylation is 1. The van der Waals surface area contributed by atoms with Crippen LogP contribution in [0.25, 0.3) is 0 Å². The number of nitrogens with zero attached hydrogens (tertiary/aromatic N) is 1. The Labute approximate surface area is 118 Å². The molecule has 0 fully saturated rings. The zero-order chi connectivity index (χ0) is 14.8. The van der Waals surface area contributed by atoms with Crippen molar-refractivity contribution in [3.63, 3.8) is 0 Å². The summed E-state index contributed by atoms with van der Waals surface area (Å²) in [6.45, 7) is 2.10. The Kier molecular flexibility index (Phi) is 4.17. The second-order valence-electron chi connectivity index (χ2n) is 4.54. The van der Waals surface area contributed by atoms with Crippen LogP contribution in [0.5, 0.6) is 0 Å². The summed E-state index contributed by atoms with van der Waals surface area (Å²) >= 11 is 0. The number of rotatable bonds is 3. The molecule has 0 saturated heterocycles. The van der Waals surface area contributed by atoms with E-state index in [4.69, 9.17) is 0 Å². The molecule has 2 rings (SSSR count). The first-order valence-corrected chi connectivity index (χ1v) is 8.07. The minimum absolute atomic E-state index is 0.0566. The van der Waals surface area contributed by atoms with Crippen LogP contribution in [0, 0.1) is 0 Å². The smallest absolute Gasteiger partial charge is 0.411 e. The largest absolute Gasteiger partial charge is 0.453 e. The Morgan fingerprint density at radius 2 is 2.20 bits per heavy atom. The third-order valence-electron chi connectivity index (χ3n) is 3.29. The molecule has 6 nitrogen and oxygen atoms in total. The van der Waals surface area contributed by atoms with Crippen molar-refractivity contribution < 1.29 is 17.9 Å². The SMILES string of the molecule is CCS(=O)(=O)N1CCCc2ccc(NC(=O)OC)cc21. The summed E-state index contributed by atoms with van der Waals surface area (Å²) in [7, 11) is -2.02. The van der Waals surface area contributed by atoms with E-state index in [1.165, 1.54) is 11.4 Å². The van der Waals surface area contributed by atoms with Gasteiger partial charge in [0.25, 0.3) is 0 Å². The van der Waals surface area contributed by atoms with Gasteiger partial charge in [0, 0.05) is 12.2 Å². The number of hydrogen-bond donors (Lipinski definition) is 1. The van der Waals surface area contributed by atoms with Gasteiger partial charge in [0.15, 0.2) is 0 Å². The van der Waals surface area contributed by atoms with E-state index in [1.54, 1.807) is 19.1 Å². The Morgan fingerprint density at radius 1 is 1.45 bits per heavy atom. The molecule has 0 unspecified atom stereocenters. The number of nitrogens with one attached hydrogen (secondary N) is 1. The standard InChI is InChI=1S/C13H18N2O4S/c1-3-20(17,18)15-8-4-5-10-6-7-11(9-12(10)15)14-13(16)19-2/h6-7,9H,3-5,8H2,1-2H3,(H,14,16). The fraction of sp³-hybridized carbons (Fsp3) is 0.462. The summed E-state index contributed by atoms with van der Waals surface area (Å²) in [5.74, 6) is 0.0566. The van der Waals surface area contributed by atoms with Crippen LogP contribution >= 0.6 is 0 Å². The number of ether oxygens (including phenoxy) is 1. The van der Waals surface area contributed by atoms with E-state index in [9.17, 15) is 13.2 Å². The quantitative estimate of drug-likeness (QED) is 0.925. The zero-order valence-electron chi connectivity index (χ0n) is 11.5. The van der Waals surface area contributed by atoms with Crippen LogP contribution in [0.1, 0.15) is 18.9 Å². The number of anilines is 2. The summed E-state index contributed by atoms with van der Waals surface area (Å²) in [6.07, 6.45) is 1.06. The van der Waals surface area contributed by atoms with Gasteiger partial charge < -0.3 is 4.74 Å². The van der Waals surface area contributed by atoms with Crippen molar-refractivity contribution in [1.29, 1.82) is 0 Å². The van der Waals surface area contributed by atoms with Gasteiger partial charge >= 0.3 is 6.09 Å². The van der Waals surface area contributed by atoms with Gasteiger partial charge in [-0.3, -0.25) is 9.62 Å². The number of benzene rings is 1. The normalized spacial score (nSPS) is 14.6. The molecule has 0 spiro atoms. The third kappa shape index (κ3) is 2.87. The number of hydrogen-bond acceptors (Lipinski definition) is 4. The highest BCUT2D eigenvalue weighted by Gasteiger charge is 2.26. The maximum atomic E-state index is 12.1. The molecule has 1 aliphatic heterocycles. The van der Waals surface area contributed by atoms with E-state index in [0.29, 0.717) is 17.9 Å². The van der Waals surface area contributed by atoms with Crippen molar-refractivity contribution in [2.75, 3.05) is 29.0 Å². The van der Waals surface area contributed by atoms with Crippen molar-refractivity contribution in [2.24, 2.45) is 0 Å². The molecule has 1 N–H and O–H groups in total. The summed E-state index contributed by atoms with van der Waals surface area (Å²) < 4.78 is 30.2. The number of sulfonamides is 1. The van der Waals surface area contributed by atoms with Crippen LogP contribution in [-0.4, -0.2) is 33.9 Å². The summed E-state index contributed by atoms with van der Waals surface area (Å²) in [5.41, 5.74) is 2.14. The Balaban J connectivity index is 2.39. The van der Waals surface area contributed by atoms with E-state index in [2.05, 4.69) is 10.1 Å². The molecule has 110 valence electrons. The number of carbonyl (C=O) groups excluding carboxylic acids is 1. The first kappa shape index (κ1) is 14.6. The molecule has 1 heterocycles. The molecule has 1 aromatic carbocycles. The van der Waals surface area contributed by atoms with E-state index in [-0.39, 0.29) is 5.75 Å². The van der Waals surface area contributed by atoms with Crippen molar-refractivity contribution in [2.45, 2.75) is 19.8 Å². The van der Waals surface area contributed by atoms with Gasteiger partial charge in [-0.1, -0.05) is 6.07 Å². The van der Waals surface area contributed by atoms with Gasteiger partial charge in [0.05, 0.1) is 18.6 Å². The van der Waals surface area contributed by atoms with Gasteiger partial charge in [-0.2, -0.15) is 0 Å². The average molecular weight is 298 g/mol. The lowest BCUT2D eigenvalue weighted by atomic mass is 10.0. The number of amides is 1. The Bertz CT molecular complexity index is 613. The van der Waals surface area contributed by atoms with Crippen molar-refractivity contribution >= 4 is 27.5 Å². The van der Waals surface area contributed by atoms with Gasteiger partial charge in [0.1, 0.15) is 0 Å². The van der Waals surface area contributed by atoms with E-state index >= 15 is 0 Å². The van der Waals surface area contributed by atoms with Crippen LogP contribution in [0.4, 0.5) is 16.2 Å². The van der Waals surface area contributed by atoms with Gasteiger partial charge in [-0.05, 0) is 37.5 Å². The monoisotopic (exact) mass is 298 g/mol. The third-order valence-corrected chi connectivity index (χ3v) is 5.07. The number of carbonyl (C=O) groups is 1. The molecule has 0 saturated carbocycles. The molecule has 1 aliphatic rings. The fourth-order valence-electron chi connectivity index (χ4n) is 2.23. The van der Waals surface area contributed by atoms with Crippen LogP contribution in [-0.2, 0) is 21.2 Å². The Hall–Kier alpha value is -1.76. The lowest BCUT2D eigenvalue weighted by Crippen LogP contribution is -2.36. The van der Waals surface area contributed by atoms with E-state index in [1.807, 2.05) is 6.07 Å². The van der Waals surface area contributed by atoms with Crippen LogP contribution in [0.3, 0.4) is 0 Å². The van der Waals surface area contributed by atoms with Crippen molar-refractivity contribution in [3.8, 4) is 0 Å². The molecule has 0 aromatic heterocycles. The number of methoxy groups -OCH3 is 1. The van der Waals surface area contributed by atoms with Crippen molar-refractivity contribution in [1.82, 2.24) is 0 Å². The molecule has 0 atom stereocenters. The topological polar surface area (TPSA) is 75.7 Å². The fourth-order valence-corrected chi connectivity index (χ4v) is 3.42. The predicted octanol–water partition coefficient (Wildman–Crippen LogP) is 1.97. The maximum Gasteiger partial charge on any atom is 0.411 e. The highest BCUT2D eigenvalue weighted by atomic mass is 32.2. The minimum Gasteiger partial charge on any atom is -0.453 e. The molecular weight excluding hydrogens is 280 g/mol. The molecule has 1 amide bonds. The second kappa shape index (κ2) is 5.70. The van der Waals surface area contributed by atoms with Gasteiger partial charge in [-0.15, -0.1) is 0 Å². The van der Waals surface area contributed by atoms with Crippen LogP contribution in [0.2, 0.25) is 0 Å². The van der Waals surface area contributed by atoms with Crippen LogP contribution in [0.15, 0.2) is 18.2 Å². The molecule has 20 heavy (non-hydrogen) atoms. The predicted molar refractivity (Wildman–Crippen MR) is 77.6 cm³/mol. The van der Waals surface area contributed by atoms with Crippen LogP contribution < -0.4 is 9.62 Å². The zero-order valence-corrected chi connectivity index (χ0v) is 12.4. The van der Waals surface area contributed by atoms with E-state index in [0.717, 1.165) is 18.4 Å². The highest BCUT2D eigenvalue weighted by molar-refractivity contribution is 7.92. The maximum absolute atomic E-state index is 12.1. The molecule has 0 radical (unpaired) electrons. The summed E-state index contributed by atoms with van der Waals surface area (Å²) in [6, 6.07) is 5.27. The van der Waals surface area contributed by atoms with Gasteiger partial charge in [0.2, 0.25) is 10.0 Å². The molecule has 0 aliphatic carbocycles. The summed E-state index contributed by atoms with van der Waals surface area (Å²) in [5, 5.41) is 2.55. The second-order valence-corrected chi connectivity index (χ2v) is 6.72. The summed E-state index contributed by atoms with van der Waals surface area (Å²) in [4.78, 5) is 11.2. The minimum atomic E-state index is -3.30. The van der Waals surface area contributed by atoms with E-state index < -0.39 is 16.1 Å². The average Bonchev–Trinajstić information content (AvgIpc) is 2.46. The Morgan fingerprint density at radius 3 is 2.85 bits per heavy atom. The molecule has 0 bridgehead atoms. The lowest BCUT2D eigenvalue weighted by molar-refractivity contribution is 0.187. The first-order chi connectivity index (χ1) is 9.47. The number of fused-ring (bicyclic) bond motifs is 1. The first-order valence-electron chi connectivity index (χ1n) is 6.46. The molecular formula is C13H18N2O4S. The molecule has 7 heteroatoms. The molecule has 1 aromatic rings. The highest BCUT2D eigenvalue weighted by Crippen LogP contribution is 2.32. The van der Waals surface area contributed by atoms with Gasteiger partial charge in [-0.25, -0.2) is 13.2 Å². The van der Waals surface area contributed by atoms with Crippen molar-refractivity contribution in [3.05, 3.63) is 23.8 Å².